The SMILES string of the molecule is C=CCOc1ccc(OC(=O)N(C)C)c2c(OCc3ccccc3)cccc12. The summed E-state index contributed by atoms with van der Waals surface area (Å²) in [5.41, 5.74) is 1.05. The molecule has 0 heterocycles. The number of hydrogen-bond acceptors (Lipinski definition) is 4. The van der Waals surface area contributed by atoms with Gasteiger partial charge < -0.3 is 19.1 Å². The van der Waals surface area contributed by atoms with E-state index in [1.165, 1.54) is 4.90 Å². The van der Waals surface area contributed by atoms with Crippen LogP contribution in [0, 0.1) is 0 Å². The normalized spacial score (nSPS) is 10.4. The fourth-order valence-electron chi connectivity index (χ4n) is 2.72. The highest BCUT2D eigenvalue weighted by Crippen LogP contribution is 2.39. The van der Waals surface area contributed by atoms with Gasteiger partial charge in [0.2, 0.25) is 0 Å². The lowest BCUT2D eigenvalue weighted by Crippen LogP contribution is -2.25. The van der Waals surface area contributed by atoms with E-state index in [4.69, 9.17) is 14.2 Å². The van der Waals surface area contributed by atoms with Crippen LogP contribution in [0.2, 0.25) is 0 Å². The summed E-state index contributed by atoms with van der Waals surface area (Å²) < 4.78 is 17.4. The molecule has 0 spiro atoms. The van der Waals surface area contributed by atoms with Crippen molar-refractivity contribution < 1.29 is 19.0 Å². The van der Waals surface area contributed by atoms with Crippen molar-refractivity contribution in [1.29, 1.82) is 0 Å². The molecular formula is C23H23NO4. The Morgan fingerprint density at radius 3 is 2.39 bits per heavy atom. The molecule has 5 heteroatoms. The lowest BCUT2D eigenvalue weighted by Gasteiger charge is -2.17. The van der Waals surface area contributed by atoms with Gasteiger partial charge in [0, 0.05) is 19.5 Å². The van der Waals surface area contributed by atoms with E-state index in [2.05, 4.69) is 6.58 Å². The number of benzene rings is 3. The van der Waals surface area contributed by atoms with Gasteiger partial charge in [-0.2, -0.15) is 0 Å². The summed E-state index contributed by atoms with van der Waals surface area (Å²) in [7, 11) is 3.28. The third-order valence-corrected chi connectivity index (χ3v) is 4.08. The van der Waals surface area contributed by atoms with Gasteiger partial charge in [-0.1, -0.05) is 55.1 Å². The summed E-state index contributed by atoms with van der Waals surface area (Å²) in [5.74, 6) is 1.71. The molecule has 3 aromatic carbocycles. The van der Waals surface area contributed by atoms with Crippen molar-refractivity contribution >= 4 is 16.9 Å². The molecular weight excluding hydrogens is 354 g/mol. The van der Waals surface area contributed by atoms with E-state index in [0.717, 1.165) is 10.9 Å². The maximum absolute atomic E-state index is 12.1. The molecule has 0 aromatic heterocycles. The predicted molar refractivity (Wildman–Crippen MR) is 110 cm³/mol. The first-order chi connectivity index (χ1) is 13.6. The number of carbonyl (C=O) groups excluding carboxylic acids is 1. The minimum Gasteiger partial charge on any atom is -0.489 e. The summed E-state index contributed by atoms with van der Waals surface area (Å²) in [6, 6.07) is 19.0. The van der Waals surface area contributed by atoms with E-state index < -0.39 is 6.09 Å². The summed E-state index contributed by atoms with van der Waals surface area (Å²) >= 11 is 0. The quantitative estimate of drug-likeness (QED) is 0.541. The summed E-state index contributed by atoms with van der Waals surface area (Å²) in [5, 5.41) is 1.49. The Morgan fingerprint density at radius 2 is 1.68 bits per heavy atom. The molecule has 0 N–H and O–H groups in total. The van der Waals surface area contributed by atoms with Gasteiger partial charge in [-0.25, -0.2) is 4.79 Å². The zero-order valence-corrected chi connectivity index (χ0v) is 16.1. The smallest absolute Gasteiger partial charge is 0.414 e. The highest BCUT2D eigenvalue weighted by molar-refractivity contribution is 5.99. The van der Waals surface area contributed by atoms with Gasteiger partial charge in [-0.15, -0.1) is 0 Å². The Kier molecular flexibility index (Phi) is 6.17. The first-order valence-electron chi connectivity index (χ1n) is 8.95. The van der Waals surface area contributed by atoms with Crippen molar-refractivity contribution in [1.82, 2.24) is 4.90 Å². The minimum absolute atomic E-state index is 0.376. The van der Waals surface area contributed by atoms with Gasteiger partial charge in [0.15, 0.2) is 0 Å². The average Bonchev–Trinajstić information content (AvgIpc) is 2.72. The van der Waals surface area contributed by atoms with Crippen molar-refractivity contribution in [3.63, 3.8) is 0 Å². The van der Waals surface area contributed by atoms with Crippen molar-refractivity contribution in [3.05, 3.63) is 78.9 Å². The zero-order chi connectivity index (χ0) is 19.9. The number of carbonyl (C=O) groups is 1. The second-order valence-corrected chi connectivity index (χ2v) is 6.38. The van der Waals surface area contributed by atoms with Crippen LogP contribution in [0.3, 0.4) is 0 Å². The van der Waals surface area contributed by atoms with Crippen LogP contribution < -0.4 is 14.2 Å². The first-order valence-corrected chi connectivity index (χ1v) is 8.95. The molecule has 0 aliphatic heterocycles. The van der Waals surface area contributed by atoms with Crippen molar-refractivity contribution in [3.8, 4) is 17.2 Å². The van der Waals surface area contributed by atoms with Crippen LogP contribution in [0.1, 0.15) is 5.56 Å². The Hall–Kier alpha value is -3.47. The highest BCUT2D eigenvalue weighted by atomic mass is 16.6. The van der Waals surface area contributed by atoms with E-state index in [1.54, 1.807) is 32.3 Å². The molecule has 0 radical (unpaired) electrons. The largest absolute Gasteiger partial charge is 0.489 e. The molecule has 0 bridgehead atoms. The third-order valence-electron chi connectivity index (χ3n) is 4.08. The van der Waals surface area contributed by atoms with Gasteiger partial charge >= 0.3 is 6.09 Å². The monoisotopic (exact) mass is 377 g/mol. The third kappa shape index (κ3) is 4.43. The number of rotatable bonds is 7. The van der Waals surface area contributed by atoms with E-state index >= 15 is 0 Å². The van der Waals surface area contributed by atoms with Crippen LogP contribution in [-0.2, 0) is 6.61 Å². The lowest BCUT2D eigenvalue weighted by atomic mass is 10.1. The first kappa shape index (κ1) is 19.3. The molecule has 3 rings (SSSR count). The standard InChI is InChI=1S/C23H23NO4/c1-4-15-26-19-13-14-21(28-23(25)24(2)3)22-18(19)11-8-12-20(22)27-16-17-9-6-5-7-10-17/h4-14H,1,15-16H2,2-3H3. The van der Waals surface area contributed by atoms with Crippen LogP contribution >= 0.6 is 0 Å². The maximum atomic E-state index is 12.1. The number of hydrogen-bond donors (Lipinski definition) is 0. The summed E-state index contributed by atoms with van der Waals surface area (Å²) in [6.07, 6.45) is 1.22. The van der Waals surface area contributed by atoms with Gasteiger partial charge in [-0.3, -0.25) is 0 Å². The second kappa shape index (κ2) is 8.95. The molecule has 0 saturated carbocycles. The fraction of sp³-hybridized carbons (Fsp3) is 0.174. The average molecular weight is 377 g/mol. The van der Waals surface area contributed by atoms with Crippen molar-refractivity contribution in [2.75, 3.05) is 20.7 Å². The molecule has 144 valence electrons. The van der Waals surface area contributed by atoms with Crippen LogP contribution in [0.4, 0.5) is 4.79 Å². The molecule has 0 aliphatic carbocycles. The maximum Gasteiger partial charge on any atom is 0.414 e. The summed E-state index contributed by atoms with van der Waals surface area (Å²) in [6.45, 7) is 4.47. The van der Waals surface area contributed by atoms with E-state index in [1.807, 2.05) is 48.5 Å². The van der Waals surface area contributed by atoms with Crippen LogP contribution in [0.25, 0.3) is 10.8 Å². The Bertz CT molecular complexity index is 967. The van der Waals surface area contributed by atoms with E-state index in [-0.39, 0.29) is 0 Å². The lowest BCUT2D eigenvalue weighted by molar-refractivity contribution is 0.172. The van der Waals surface area contributed by atoms with Gasteiger partial charge in [-0.05, 0) is 23.8 Å². The van der Waals surface area contributed by atoms with Crippen molar-refractivity contribution in [2.45, 2.75) is 6.61 Å². The van der Waals surface area contributed by atoms with Crippen LogP contribution in [0.5, 0.6) is 17.2 Å². The molecule has 0 unspecified atom stereocenters. The predicted octanol–water partition coefficient (Wildman–Crippen LogP) is 5.04. The number of fused-ring (bicyclic) bond motifs is 1. The molecule has 1 amide bonds. The molecule has 0 saturated heterocycles. The van der Waals surface area contributed by atoms with Gasteiger partial charge in [0.25, 0.3) is 0 Å². The molecule has 3 aromatic rings. The van der Waals surface area contributed by atoms with E-state index in [9.17, 15) is 4.79 Å². The molecule has 5 nitrogen and oxygen atoms in total. The van der Waals surface area contributed by atoms with Gasteiger partial charge in [0.05, 0.1) is 5.39 Å². The fourth-order valence-corrected chi connectivity index (χ4v) is 2.72. The minimum atomic E-state index is -0.459. The molecule has 0 atom stereocenters. The van der Waals surface area contributed by atoms with Crippen molar-refractivity contribution in [2.24, 2.45) is 0 Å². The Labute approximate surface area is 164 Å². The summed E-state index contributed by atoms with van der Waals surface area (Å²) in [4.78, 5) is 13.5. The molecule has 0 fully saturated rings. The molecule has 28 heavy (non-hydrogen) atoms. The van der Waals surface area contributed by atoms with Gasteiger partial charge in [0.1, 0.15) is 30.5 Å². The van der Waals surface area contributed by atoms with Crippen LogP contribution in [-0.4, -0.2) is 31.7 Å². The molecule has 0 aliphatic rings. The number of nitrogens with zero attached hydrogens (tertiary/aromatic N) is 1. The van der Waals surface area contributed by atoms with E-state index in [0.29, 0.717) is 35.8 Å². The van der Waals surface area contributed by atoms with Crippen LogP contribution in [0.15, 0.2) is 73.3 Å². The number of amides is 1. The zero-order valence-electron chi connectivity index (χ0n) is 16.1. The Morgan fingerprint density at radius 1 is 0.929 bits per heavy atom. The number of ether oxygens (including phenoxy) is 3. The topological polar surface area (TPSA) is 48.0 Å². The highest BCUT2D eigenvalue weighted by Gasteiger charge is 2.16. The Balaban J connectivity index is 2.03. The second-order valence-electron chi connectivity index (χ2n) is 6.38.